The molecule has 0 amide bonds. The summed E-state index contributed by atoms with van der Waals surface area (Å²) in [5, 5.41) is 9.77. The van der Waals surface area contributed by atoms with Crippen molar-refractivity contribution in [2.75, 3.05) is 0 Å². The van der Waals surface area contributed by atoms with Crippen LogP contribution >= 0.6 is 0 Å². The molecule has 13 heavy (non-hydrogen) atoms. The average molecular weight is 177 g/mol. The van der Waals surface area contributed by atoms with Gasteiger partial charge in [0, 0.05) is 6.20 Å². The van der Waals surface area contributed by atoms with Gasteiger partial charge in [0.2, 0.25) is 0 Å². The van der Waals surface area contributed by atoms with Gasteiger partial charge in [-0.15, -0.1) is 0 Å². The third-order valence-electron chi connectivity index (χ3n) is 1.95. The first-order valence-corrected chi connectivity index (χ1v) is 4.15. The van der Waals surface area contributed by atoms with Crippen LogP contribution in [0.2, 0.25) is 0 Å². The molecule has 0 aliphatic carbocycles. The number of hydrogen-bond acceptors (Lipinski definition) is 2. The third-order valence-corrected chi connectivity index (χ3v) is 1.95. The maximum absolute atomic E-state index is 9.77. The van der Waals surface area contributed by atoms with E-state index in [-0.39, 0.29) is 0 Å². The first kappa shape index (κ1) is 8.13. The fraction of sp³-hybridized carbons (Fsp3) is 0.200. The van der Waals surface area contributed by atoms with Crippen LogP contribution in [0.5, 0.6) is 0 Å². The van der Waals surface area contributed by atoms with Gasteiger partial charge in [-0.3, -0.25) is 0 Å². The minimum atomic E-state index is -0.691. The fourth-order valence-electron chi connectivity index (χ4n) is 1.27. The number of hydrogen-bond donors (Lipinski definition) is 2. The molecule has 2 aromatic rings. The van der Waals surface area contributed by atoms with Crippen molar-refractivity contribution in [2.45, 2.75) is 13.0 Å². The van der Waals surface area contributed by atoms with Gasteiger partial charge in [0.25, 0.3) is 0 Å². The molecule has 0 aliphatic heterocycles. The molecule has 0 aliphatic rings. The summed E-state index contributed by atoms with van der Waals surface area (Å²) in [5.41, 5.74) is 0.745. The summed E-state index contributed by atoms with van der Waals surface area (Å²) < 4.78 is 5.30. The summed E-state index contributed by atoms with van der Waals surface area (Å²) >= 11 is 0. The molecule has 0 aromatic carbocycles. The van der Waals surface area contributed by atoms with Gasteiger partial charge in [-0.1, -0.05) is 0 Å². The lowest BCUT2D eigenvalue weighted by atomic mass is 10.2. The average Bonchev–Trinajstić information content (AvgIpc) is 2.72. The number of rotatable bonds is 2. The number of nitrogens with one attached hydrogen (secondary N) is 1. The normalized spacial score (nSPS) is 13.1. The van der Waals surface area contributed by atoms with Crippen molar-refractivity contribution < 1.29 is 9.52 Å². The molecule has 0 saturated carbocycles. The van der Waals surface area contributed by atoms with Crippen LogP contribution in [-0.4, -0.2) is 10.1 Å². The van der Waals surface area contributed by atoms with E-state index in [2.05, 4.69) is 4.98 Å². The summed E-state index contributed by atoms with van der Waals surface area (Å²) in [6.07, 6.45) is 1.08. The molecule has 0 spiro atoms. The molecule has 2 rings (SSSR count). The number of aliphatic hydroxyl groups is 1. The van der Waals surface area contributed by atoms with E-state index in [4.69, 9.17) is 4.42 Å². The van der Waals surface area contributed by atoms with E-state index in [0.29, 0.717) is 5.76 Å². The van der Waals surface area contributed by atoms with Gasteiger partial charge < -0.3 is 14.5 Å². The van der Waals surface area contributed by atoms with Gasteiger partial charge >= 0.3 is 0 Å². The second-order valence-electron chi connectivity index (χ2n) is 2.98. The summed E-state index contributed by atoms with van der Waals surface area (Å²) in [5.74, 6) is 1.38. The Bertz CT molecular complexity index is 375. The molecular weight excluding hydrogens is 166 g/mol. The first-order chi connectivity index (χ1) is 6.27. The van der Waals surface area contributed by atoms with E-state index >= 15 is 0 Å². The van der Waals surface area contributed by atoms with Crippen LogP contribution in [0.1, 0.15) is 23.3 Å². The monoisotopic (exact) mass is 177 g/mol. The van der Waals surface area contributed by atoms with Crippen LogP contribution < -0.4 is 0 Å². The largest absolute Gasteiger partial charge is 0.463 e. The van der Waals surface area contributed by atoms with Crippen molar-refractivity contribution in [2.24, 2.45) is 0 Å². The minimum Gasteiger partial charge on any atom is -0.463 e. The predicted octanol–water partition coefficient (Wildman–Crippen LogP) is 2.00. The highest BCUT2D eigenvalue weighted by atomic mass is 16.4. The van der Waals surface area contributed by atoms with E-state index < -0.39 is 6.10 Å². The molecule has 2 aromatic heterocycles. The molecule has 0 radical (unpaired) electrons. The van der Waals surface area contributed by atoms with E-state index in [1.54, 1.807) is 12.3 Å². The number of aromatic amines is 1. The highest BCUT2D eigenvalue weighted by Crippen LogP contribution is 2.21. The molecule has 1 atom stereocenters. The van der Waals surface area contributed by atoms with E-state index in [1.165, 1.54) is 0 Å². The SMILES string of the molecule is Cc1ccc(C(O)c2ccc[nH]2)o1. The number of aromatic nitrogens is 1. The molecular formula is C10H11NO2. The highest BCUT2D eigenvalue weighted by molar-refractivity contribution is 5.19. The lowest BCUT2D eigenvalue weighted by Crippen LogP contribution is -1.97. The van der Waals surface area contributed by atoms with Crippen LogP contribution in [0, 0.1) is 6.92 Å². The Hall–Kier alpha value is -1.48. The van der Waals surface area contributed by atoms with Gasteiger partial charge in [0.1, 0.15) is 11.5 Å². The lowest BCUT2D eigenvalue weighted by molar-refractivity contribution is 0.184. The Labute approximate surface area is 76.0 Å². The number of furan rings is 1. The molecule has 3 heteroatoms. The molecule has 0 saturated heterocycles. The van der Waals surface area contributed by atoms with E-state index in [9.17, 15) is 5.11 Å². The van der Waals surface area contributed by atoms with Crippen LogP contribution in [-0.2, 0) is 0 Å². The summed E-state index contributed by atoms with van der Waals surface area (Å²) in [4.78, 5) is 2.93. The Morgan fingerprint density at radius 3 is 2.77 bits per heavy atom. The Kier molecular flexibility index (Phi) is 1.94. The number of H-pyrrole nitrogens is 1. The zero-order chi connectivity index (χ0) is 9.26. The van der Waals surface area contributed by atoms with Crippen LogP contribution in [0.3, 0.4) is 0 Å². The van der Waals surface area contributed by atoms with Gasteiger partial charge in [-0.05, 0) is 31.2 Å². The Balaban J connectivity index is 2.28. The van der Waals surface area contributed by atoms with Crippen molar-refractivity contribution in [3.05, 3.63) is 47.7 Å². The Morgan fingerprint density at radius 1 is 1.38 bits per heavy atom. The van der Waals surface area contributed by atoms with Crippen LogP contribution in [0.25, 0.3) is 0 Å². The maximum Gasteiger partial charge on any atom is 0.151 e. The molecule has 2 N–H and O–H groups in total. The molecule has 0 bridgehead atoms. The zero-order valence-corrected chi connectivity index (χ0v) is 7.32. The van der Waals surface area contributed by atoms with Crippen LogP contribution in [0.15, 0.2) is 34.9 Å². The number of aliphatic hydroxyl groups excluding tert-OH is 1. The second-order valence-corrected chi connectivity index (χ2v) is 2.98. The molecule has 68 valence electrons. The summed E-state index contributed by atoms with van der Waals surface area (Å²) in [6, 6.07) is 7.28. The predicted molar refractivity (Wildman–Crippen MR) is 48.3 cm³/mol. The van der Waals surface area contributed by atoms with E-state index in [1.807, 2.05) is 25.1 Å². The van der Waals surface area contributed by atoms with Crippen molar-refractivity contribution in [3.8, 4) is 0 Å². The maximum atomic E-state index is 9.77. The standard InChI is InChI=1S/C10H11NO2/c1-7-4-5-9(13-7)10(12)8-3-2-6-11-8/h2-6,10-12H,1H3. The van der Waals surface area contributed by atoms with Gasteiger partial charge in [0.05, 0.1) is 5.69 Å². The molecule has 3 nitrogen and oxygen atoms in total. The molecule has 1 unspecified atom stereocenters. The van der Waals surface area contributed by atoms with Crippen LogP contribution in [0.4, 0.5) is 0 Å². The van der Waals surface area contributed by atoms with Crippen molar-refractivity contribution in [1.82, 2.24) is 4.98 Å². The topological polar surface area (TPSA) is 49.2 Å². The van der Waals surface area contributed by atoms with Crippen molar-refractivity contribution in [1.29, 1.82) is 0 Å². The summed E-state index contributed by atoms with van der Waals surface area (Å²) in [7, 11) is 0. The fourth-order valence-corrected chi connectivity index (χ4v) is 1.27. The third kappa shape index (κ3) is 1.51. The second kappa shape index (κ2) is 3.11. The molecule has 0 fully saturated rings. The lowest BCUT2D eigenvalue weighted by Gasteiger charge is -2.04. The van der Waals surface area contributed by atoms with Gasteiger partial charge in [0.15, 0.2) is 6.10 Å². The smallest absolute Gasteiger partial charge is 0.151 e. The van der Waals surface area contributed by atoms with Crippen molar-refractivity contribution in [3.63, 3.8) is 0 Å². The molecule has 2 heterocycles. The zero-order valence-electron chi connectivity index (χ0n) is 7.32. The number of aryl methyl sites for hydroxylation is 1. The van der Waals surface area contributed by atoms with E-state index in [0.717, 1.165) is 11.5 Å². The Morgan fingerprint density at radius 2 is 2.23 bits per heavy atom. The quantitative estimate of drug-likeness (QED) is 0.737. The van der Waals surface area contributed by atoms with Gasteiger partial charge in [-0.25, -0.2) is 0 Å². The van der Waals surface area contributed by atoms with Gasteiger partial charge in [-0.2, -0.15) is 0 Å². The van der Waals surface area contributed by atoms with Crippen molar-refractivity contribution >= 4 is 0 Å². The summed E-state index contributed by atoms with van der Waals surface area (Å²) in [6.45, 7) is 1.85. The highest BCUT2D eigenvalue weighted by Gasteiger charge is 2.13. The minimum absolute atomic E-state index is 0.569. The first-order valence-electron chi connectivity index (χ1n) is 4.15.